The second-order valence-electron chi connectivity index (χ2n) is 4.38. The lowest BCUT2D eigenvalue weighted by Crippen LogP contribution is -2.36. The molecule has 94 valence electrons. The fourth-order valence-corrected chi connectivity index (χ4v) is 1.65. The molecular weight excluding hydrogens is 222 g/mol. The molecule has 1 heterocycles. The van der Waals surface area contributed by atoms with Crippen LogP contribution in [0.1, 0.15) is 50.2 Å². The van der Waals surface area contributed by atoms with Crippen molar-refractivity contribution in [3.05, 3.63) is 11.7 Å². The molecule has 2 rings (SSSR count). The van der Waals surface area contributed by atoms with Crippen molar-refractivity contribution in [3.8, 4) is 0 Å². The fourth-order valence-electron chi connectivity index (χ4n) is 1.65. The Labute approximate surface area is 99.4 Å². The van der Waals surface area contributed by atoms with Gasteiger partial charge in [-0.2, -0.15) is 4.98 Å². The third-order valence-electron chi connectivity index (χ3n) is 2.79. The van der Waals surface area contributed by atoms with E-state index in [2.05, 4.69) is 15.5 Å². The molecule has 0 aromatic carbocycles. The first kappa shape index (κ1) is 12.0. The number of carbonyl (C=O) groups is 1. The van der Waals surface area contributed by atoms with Gasteiger partial charge < -0.3 is 9.63 Å². The summed E-state index contributed by atoms with van der Waals surface area (Å²) >= 11 is 0. The first-order valence-corrected chi connectivity index (χ1v) is 5.99. The number of aliphatic carboxylic acids is 1. The third-order valence-corrected chi connectivity index (χ3v) is 2.79. The summed E-state index contributed by atoms with van der Waals surface area (Å²) in [5.74, 6) is 0.818. The van der Waals surface area contributed by atoms with E-state index in [0.717, 1.165) is 19.3 Å². The first-order chi connectivity index (χ1) is 8.20. The van der Waals surface area contributed by atoms with Crippen LogP contribution in [-0.4, -0.2) is 27.3 Å². The van der Waals surface area contributed by atoms with Crippen molar-refractivity contribution in [3.63, 3.8) is 0 Å². The molecule has 1 atom stereocenters. The van der Waals surface area contributed by atoms with Gasteiger partial charge in [-0.25, -0.2) is 0 Å². The number of rotatable bonds is 7. The van der Waals surface area contributed by atoms with Crippen molar-refractivity contribution in [2.75, 3.05) is 0 Å². The van der Waals surface area contributed by atoms with Crippen LogP contribution >= 0.6 is 0 Å². The van der Waals surface area contributed by atoms with Crippen LogP contribution in [0, 0.1) is 0 Å². The van der Waals surface area contributed by atoms with Gasteiger partial charge >= 0.3 is 5.97 Å². The molecule has 0 spiro atoms. The minimum Gasteiger partial charge on any atom is -0.480 e. The molecule has 1 aliphatic carbocycles. The number of carboxylic acid groups (broad SMARTS) is 1. The van der Waals surface area contributed by atoms with E-state index in [1.165, 1.54) is 0 Å². The van der Waals surface area contributed by atoms with Gasteiger partial charge in [-0.05, 0) is 19.3 Å². The second-order valence-corrected chi connectivity index (χ2v) is 4.38. The van der Waals surface area contributed by atoms with Crippen molar-refractivity contribution in [1.82, 2.24) is 15.5 Å². The highest BCUT2D eigenvalue weighted by atomic mass is 16.5. The average Bonchev–Trinajstić information content (AvgIpc) is 3.04. The molecule has 0 radical (unpaired) electrons. The zero-order valence-corrected chi connectivity index (χ0v) is 9.85. The van der Waals surface area contributed by atoms with E-state index in [9.17, 15) is 4.79 Å². The van der Waals surface area contributed by atoms with Crippen LogP contribution in [0.2, 0.25) is 0 Å². The van der Waals surface area contributed by atoms with E-state index in [-0.39, 0.29) is 0 Å². The lowest BCUT2D eigenvalue weighted by Gasteiger charge is -2.11. The molecule has 0 amide bonds. The molecule has 0 saturated heterocycles. The van der Waals surface area contributed by atoms with E-state index >= 15 is 0 Å². The van der Waals surface area contributed by atoms with Crippen LogP contribution in [0.4, 0.5) is 0 Å². The summed E-state index contributed by atoms with van der Waals surface area (Å²) in [5.41, 5.74) is 0. The maximum absolute atomic E-state index is 10.9. The van der Waals surface area contributed by atoms with Crippen molar-refractivity contribution in [2.45, 2.75) is 51.1 Å². The van der Waals surface area contributed by atoms with Crippen molar-refractivity contribution in [1.29, 1.82) is 0 Å². The second kappa shape index (κ2) is 5.27. The van der Waals surface area contributed by atoms with E-state index in [0.29, 0.717) is 30.6 Å². The average molecular weight is 239 g/mol. The number of carboxylic acids is 1. The standard InChI is InChI=1S/C11H17N3O3/c1-2-3-8(11(15)16)12-6-9-13-10(17-14-9)7-4-5-7/h7-8,12H,2-6H2,1H3,(H,15,16). The Bertz CT molecular complexity index is 387. The molecule has 0 bridgehead atoms. The first-order valence-electron chi connectivity index (χ1n) is 5.99. The zero-order valence-electron chi connectivity index (χ0n) is 9.85. The van der Waals surface area contributed by atoms with Crippen LogP contribution in [0.3, 0.4) is 0 Å². The van der Waals surface area contributed by atoms with Gasteiger partial charge in [0.2, 0.25) is 5.89 Å². The largest absolute Gasteiger partial charge is 0.480 e. The number of aromatic nitrogens is 2. The smallest absolute Gasteiger partial charge is 0.320 e. The third kappa shape index (κ3) is 3.26. The van der Waals surface area contributed by atoms with E-state index in [4.69, 9.17) is 9.63 Å². The number of nitrogens with one attached hydrogen (secondary N) is 1. The summed E-state index contributed by atoms with van der Waals surface area (Å²) in [7, 11) is 0. The minimum absolute atomic E-state index is 0.340. The highest BCUT2D eigenvalue weighted by Gasteiger charge is 2.29. The van der Waals surface area contributed by atoms with Gasteiger partial charge in [0.25, 0.3) is 0 Å². The summed E-state index contributed by atoms with van der Waals surface area (Å²) in [6, 6.07) is -0.539. The molecular formula is C11H17N3O3. The molecule has 1 unspecified atom stereocenters. The van der Waals surface area contributed by atoms with Gasteiger partial charge in [0, 0.05) is 5.92 Å². The van der Waals surface area contributed by atoms with Crippen LogP contribution in [0.15, 0.2) is 4.52 Å². The summed E-state index contributed by atoms with van der Waals surface area (Å²) in [6.07, 6.45) is 3.65. The monoisotopic (exact) mass is 239 g/mol. The Morgan fingerprint density at radius 1 is 1.65 bits per heavy atom. The van der Waals surface area contributed by atoms with Gasteiger partial charge in [0.1, 0.15) is 6.04 Å². The van der Waals surface area contributed by atoms with Crippen LogP contribution in [0.5, 0.6) is 0 Å². The predicted molar refractivity (Wildman–Crippen MR) is 59.4 cm³/mol. The molecule has 1 aromatic rings. The van der Waals surface area contributed by atoms with Crippen molar-refractivity contribution >= 4 is 5.97 Å². The van der Waals surface area contributed by atoms with Crippen molar-refractivity contribution < 1.29 is 14.4 Å². The predicted octanol–water partition coefficient (Wildman–Crippen LogP) is 1.29. The molecule has 1 saturated carbocycles. The fraction of sp³-hybridized carbons (Fsp3) is 0.727. The summed E-state index contributed by atoms with van der Waals surface area (Å²) < 4.78 is 5.09. The van der Waals surface area contributed by atoms with E-state index in [1.807, 2.05) is 6.92 Å². The Balaban J connectivity index is 1.84. The molecule has 6 nitrogen and oxygen atoms in total. The molecule has 17 heavy (non-hydrogen) atoms. The topological polar surface area (TPSA) is 88.3 Å². The quantitative estimate of drug-likeness (QED) is 0.745. The molecule has 1 aromatic heterocycles. The number of nitrogens with zero attached hydrogens (tertiary/aromatic N) is 2. The van der Waals surface area contributed by atoms with Crippen molar-refractivity contribution in [2.24, 2.45) is 0 Å². The lowest BCUT2D eigenvalue weighted by molar-refractivity contribution is -0.139. The maximum atomic E-state index is 10.9. The summed E-state index contributed by atoms with van der Waals surface area (Å²) in [5, 5.41) is 15.7. The highest BCUT2D eigenvalue weighted by Crippen LogP contribution is 2.38. The Morgan fingerprint density at radius 3 is 3.00 bits per heavy atom. The van der Waals surface area contributed by atoms with Crippen LogP contribution < -0.4 is 5.32 Å². The lowest BCUT2D eigenvalue weighted by atomic mass is 10.2. The van der Waals surface area contributed by atoms with Crippen LogP contribution in [0.25, 0.3) is 0 Å². The van der Waals surface area contributed by atoms with Crippen LogP contribution in [-0.2, 0) is 11.3 Å². The van der Waals surface area contributed by atoms with E-state index in [1.54, 1.807) is 0 Å². The van der Waals surface area contributed by atoms with Gasteiger partial charge in [-0.1, -0.05) is 18.5 Å². The SMILES string of the molecule is CCCC(NCc1noc(C2CC2)n1)C(=O)O. The normalized spacial score (nSPS) is 17.0. The minimum atomic E-state index is -0.835. The Hall–Kier alpha value is -1.43. The van der Waals surface area contributed by atoms with Gasteiger partial charge in [0.15, 0.2) is 5.82 Å². The van der Waals surface area contributed by atoms with Gasteiger partial charge in [-0.15, -0.1) is 0 Å². The number of hydrogen-bond acceptors (Lipinski definition) is 5. The molecule has 1 aliphatic rings. The Kier molecular flexibility index (Phi) is 3.73. The Morgan fingerprint density at radius 2 is 2.41 bits per heavy atom. The van der Waals surface area contributed by atoms with Gasteiger partial charge in [-0.3, -0.25) is 10.1 Å². The molecule has 6 heteroatoms. The molecule has 2 N–H and O–H groups in total. The van der Waals surface area contributed by atoms with E-state index < -0.39 is 12.0 Å². The van der Waals surface area contributed by atoms with Gasteiger partial charge in [0.05, 0.1) is 6.54 Å². The molecule has 1 fully saturated rings. The molecule has 0 aliphatic heterocycles. The zero-order chi connectivity index (χ0) is 12.3. The highest BCUT2D eigenvalue weighted by molar-refractivity contribution is 5.73. The number of hydrogen-bond donors (Lipinski definition) is 2. The summed E-state index contributed by atoms with van der Waals surface area (Å²) in [6.45, 7) is 2.30. The maximum Gasteiger partial charge on any atom is 0.320 e. The summed E-state index contributed by atoms with van der Waals surface area (Å²) in [4.78, 5) is 15.1.